The van der Waals surface area contributed by atoms with Gasteiger partial charge in [0, 0.05) is 0 Å². The van der Waals surface area contributed by atoms with Crippen molar-refractivity contribution in [2.75, 3.05) is 19.8 Å². The van der Waals surface area contributed by atoms with Crippen molar-refractivity contribution in [1.82, 2.24) is 0 Å². The highest BCUT2D eigenvalue weighted by Crippen LogP contribution is 2.22. The zero-order valence-electron chi connectivity index (χ0n) is 25.9. The van der Waals surface area contributed by atoms with Crippen LogP contribution in [0.15, 0.2) is 0 Å². The number of esters is 2. The Morgan fingerprint density at radius 2 is 0.811 bits per heavy atom. The second-order valence-corrected chi connectivity index (χ2v) is 11.8. The van der Waals surface area contributed by atoms with Gasteiger partial charge in [-0.2, -0.15) is 0 Å². The lowest BCUT2D eigenvalue weighted by Gasteiger charge is -2.20. The molecule has 0 aliphatic heterocycles. The third-order valence-electron chi connectivity index (χ3n) is 7.43. The standard InChI is InChI=1S/C24H48O2.C8H16O3/c1-5-7-8-9-10-11-12-13-14-15-16-17-18-19-20-21-22-26-23(25)24(3,4)6-2;1-4-8(2,3)7(10)11-6-5-9/h5-22H2,1-4H3;9H,4-6H2,1-3H3. The Balaban J connectivity index is 0. The van der Waals surface area contributed by atoms with Crippen LogP contribution in [0.4, 0.5) is 0 Å². The highest BCUT2D eigenvalue weighted by Gasteiger charge is 2.27. The van der Waals surface area contributed by atoms with E-state index in [0.717, 1.165) is 19.3 Å². The Morgan fingerprint density at radius 3 is 1.11 bits per heavy atom. The lowest BCUT2D eigenvalue weighted by atomic mass is 9.91. The molecule has 222 valence electrons. The summed E-state index contributed by atoms with van der Waals surface area (Å²) in [6.45, 7) is 14.4. The van der Waals surface area contributed by atoms with Crippen LogP contribution in [0.3, 0.4) is 0 Å². The average Bonchev–Trinajstić information content (AvgIpc) is 2.89. The summed E-state index contributed by atoms with van der Waals surface area (Å²) in [4.78, 5) is 23.0. The van der Waals surface area contributed by atoms with Gasteiger partial charge < -0.3 is 14.6 Å². The van der Waals surface area contributed by atoms with Crippen molar-refractivity contribution >= 4 is 11.9 Å². The molecule has 1 N–H and O–H groups in total. The van der Waals surface area contributed by atoms with E-state index in [4.69, 9.17) is 14.6 Å². The second-order valence-electron chi connectivity index (χ2n) is 11.8. The molecule has 0 atom stereocenters. The van der Waals surface area contributed by atoms with Crippen LogP contribution in [0, 0.1) is 10.8 Å². The minimum atomic E-state index is -0.421. The summed E-state index contributed by atoms with van der Waals surface area (Å²) in [6, 6.07) is 0. The minimum absolute atomic E-state index is 0.0408. The topological polar surface area (TPSA) is 72.8 Å². The Morgan fingerprint density at radius 1 is 0.514 bits per heavy atom. The highest BCUT2D eigenvalue weighted by atomic mass is 16.5. The molecule has 0 aromatic heterocycles. The number of hydrogen-bond donors (Lipinski definition) is 1. The van der Waals surface area contributed by atoms with Gasteiger partial charge in [0.05, 0.1) is 24.0 Å². The number of carbonyl (C=O) groups excluding carboxylic acids is 2. The van der Waals surface area contributed by atoms with Crippen LogP contribution in [0.25, 0.3) is 0 Å². The number of aliphatic hydroxyl groups is 1. The molecule has 37 heavy (non-hydrogen) atoms. The Labute approximate surface area is 230 Å². The zero-order valence-corrected chi connectivity index (χ0v) is 25.9. The first-order chi connectivity index (χ1) is 17.6. The summed E-state index contributed by atoms with van der Waals surface area (Å²) in [5.41, 5.74) is -0.746. The van der Waals surface area contributed by atoms with Gasteiger partial charge in [-0.25, -0.2) is 0 Å². The Hall–Kier alpha value is -1.10. The van der Waals surface area contributed by atoms with E-state index < -0.39 is 5.41 Å². The lowest BCUT2D eigenvalue weighted by molar-refractivity contribution is -0.155. The van der Waals surface area contributed by atoms with E-state index in [2.05, 4.69) is 6.92 Å². The number of ether oxygens (including phenoxy) is 2. The SMILES string of the molecule is CCC(C)(C)C(=O)OCCO.CCCCCCCCCCCCCCCCCCOC(=O)C(C)(C)CC. The molecule has 0 rings (SSSR count). The van der Waals surface area contributed by atoms with Crippen molar-refractivity contribution in [3.63, 3.8) is 0 Å². The van der Waals surface area contributed by atoms with Gasteiger partial charge in [-0.1, -0.05) is 117 Å². The van der Waals surface area contributed by atoms with Crippen LogP contribution in [0.5, 0.6) is 0 Å². The predicted molar refractivity (Wildman–Crippen MR) is 157 cm³/mol. The molecule has 0 aliphatic rings. The van der Waals surface area contributed by atoms with Gasteiger partial charge in [0.15, 0.2) is 0 Å². The second kappa shape index (κ2) is 25.2. The molecule has 0 saturated carbocycles. The number of aliphatic hydroxyl groups excluding tert-OH is 1. The fourth-order valence-corrected chi connectivity index (χ4v) is 3.63. The molecule has 0 fully saturated rings. The number of hydrogen-bond acceptors (Lipinski definition) is 5. The van der Waals surface area contributed by atoms with Crippen LogP contribution in [-0.4, -0.2) is 36.9 Å². The maximum Gasteiger partial charge on any atom is 0.311 e. The van der Waals surface area contributed by atoms with Gasteiger partial charge in [-0.05, 0) is 47.0 Å². The van der Waals surface area contributed by atoms with Crippen LogP contribution in [-0.2, 0) is 19.1 Å². The fourth-order valence-electron chi connectivity index (χ4n) is 3.63. The van der Waals surface area contributed by atoms with Crippen molar-refractivity contribution in [1.29, 1.82) is 0 Å². The Bertz CT molecular complexity index is 527. The van der Waals surface area contributed by atoms with Crippen LogP contribution < -0.4 is 0 Å². The summed E-state index contributed by atoms with van der Waals surface area (Å²) in [5, 5.41) is 8.38. The quantitative estimate of drug-likeness (QED) is 0.106. The maximum absolute atomic E-state index is 11.8. The van der Waals surface area contributed by atoms with Gasteiger partial charge in [0.2, 0.25) is 0 Å². The predicted octanol–water partition coefficient (Wildman–Crippen LogP) is 9.19. The number of carbonyl (C=O) groups is 2. The first-order valence-electron chi connectivity index (χ1n) is 15.5. The zero-order chi connectivity index (χ0) is 28.4. The molecule has 0 radical (unpaired) electrons. The summed E-state index contributed by atoms with van der Waals surface area (Å²) < 4.78 is 10.1. The third-order valence-corrected chi connectivity index (χ3v) is 7.43. The molecule has 0 aromatic rings. The molecule has 0 amide bonds. The third kappa shape index (κ3) is 23.7. The normalized spacial score (nSPS) is 11.6. The largest absolute Gasteiger partial charge is 0.465 e. The minimum Gasteiger partial charge on any atom is -0.465 e. The van der Waals surface area contributed by atoms with Gasteiger partial charge >= 0.3 is 11.9 Å². The molecular weight excluding hydrogens is 464 g/mol. The van der Waals surface area contributed by atoms with Crippen molar-refractivity contribution < 1.29 is 24.2 Å². The molecular formula is C32H64O5. The summed E-state index contributed by atoms with van der Waals surface area (Å²) >= 11 is 0. The summed E-state index contributed by atoms with van der Waals surface area (Å²) in [5.74, 6) is -0.282. The molecule has 5 heteroatoms. The van der Waals surface area contributed by atoms with Crippen LogP contribution in [0.2, 0.25) is 0 Å². The maximum atomic E-state index is 11.8. The fraction of sp³-hybridized carbons (Fsp3) is 0.938. The number of rotatable bonds is 23. The van der Waals surface area contributed by atoms with Gasteiger partial charge in [0.1, 0.15) is 6.61 Å². The van der Waals surface area contributed by atoms with E-state index in [1.54, 1.807) is 0 Å². The molecule has 5 nitrogen and oxygen atoms in total. The van der Waals surface area contributed by atoms with E-state index in [1.165, 1.54) is 96.3 Å². The van der Waals surface area contributed by atoms with Crippen LogP contribution >= 0.6 is 0 Å². The molecule has 0 aromatic carbocycles. The summed E-state index contributed by atoms with van der Waals surface area (Å²) in [6.07, 6.45) is 23.5. The molecule has 0 bridgehead atoms. The van der Waals surface area contributed by atoms with E-state index in [1.807, 2.05) is 41.5 Å². The van der Waals surface area contributed by atoms with Crippen molar-refractivity contribution in [2.24, 2.45) is 10.8 Å². The first-order valence-corrected chi connectivity index (χ1v) is 15.5. The average molecular weight is 529 g/mol. The monoisotopic (exact) mass is 528 g/mol. The number of unbranched alkanes of at least 4 members (excludes halogenated alkanes) is 15. The molecule has 0 heterocycles. The molecule has 0 unspecified atom stereocenters. The summed E-state index contributed by atoms with van der Waals surface area (Å²) in [7, 11) is 0. The van der Waals surface area contributed by atoms with Gasteiger partial charge in [-0.15, -0.1) is 0 Å². The molecule has 0 aliphatic carbocycles. The van der Waals surface area contributed by atoms with Crippen molar-refractivity contribution in [2.45, 2.75) is 164 Å². The van der Waals surface area contributed by atoms with Crippen molar-refractivity contribution in [3.05, 3.63) is 0 Å². The highest BCUT2D eigenvalue weighted by molar-refractivity contribution is 5.76. The van der Waals surface area contributed by atoms with Gasteiger partial charge in [0.25, 0.3) is 0 Å². The molecule has 0 spiro atoms. The smallest absolute Gasteiger partial charge is 0.311 e. The Kier molecular flexibility index (Phi) is 25.9. The van der Waals surface area contributed by atoms with E-state index in [-0.39, 0.29) is 30.6 Å². The van der Waals surface area contributed by atoms with Gasteiger partial charge in [-0.3, -0.25) is 9.59 Å². The lowest BCUT2D eigenvalue weighted by Crippen LogP contribution is -2.26. The van der Waals surface area contributed by atoms with E-state index >= 15 is 0 Å². The van der Waals surface area contributed by atoms with E-state index in [9.17, 15) is 9.59 Å². The molecule has 0 saturated heterocycles. The van der Waals surface area contributed by atoms with Crippen molar-refractivity contribution in [3.8, 4) is 0 Å². The first kappa shape index (κ1) is 38.0. The van der Waals surface area contributed by atoms with E-state index in [0.29, 0.717) is 6.61 Å². The van der Waals surface area contributed by atoms with Crippen LogP contribution in [0.1, 0.15) is 164 Å².